The standard InChI is InChI=1S/C25H27BrFNO3/c1-25(2,3)31-24(30)28-14-20(22(23(28)29)16-7-10-18(27)11-8-16)17-9-12-21(26)19(13-17)15-5-4-6-15/h7-13,15,20,22H,4-6,14H2,1-3H3/t20-,22-/m0/s1. The van der Waals surface area contributed by atoms with E-state index in [1.54, 1.807) is 32.9 Å². The van der Waals surface area contributed by atoms with Gasteiger partial charge in [-0.2, -0.15) is 0 Å². The van der Waals surface area contributed by atoms with Crippen LogP contribution in [0.3, 0.4) is 0 Å². The van der Waals surface area contributed by atoms with Gasteiger partial charge in [-0.1, -0.05) is 46.6 Å². The molecule has 0 unspecified atom stereocenters. The summed E-state index contributed by atoms with van der Waals surface area (Å²) in [6.07, 6.45) is 2.92. The molecule has 1 aliphatic heterocycles. The van der Waals surface area contributed by atoms with Crippen LogP contribution < -0.4 is 0 Å². The second-order valence-electron chi connectivity index (χ2n) is 9.47. The van der Waals surface area contributed by atoms with Crippen molar-refractivity contribution < 1.29 is 18.7 Å². The molecule has 1 saturated heterocycles. The quantitative estimate of drug-likeness (QED) is 0.496. The summed E-state index contributed by atoms with van der Waals surface area (Å²) in [7, 11) is 0. The Hall–Kier alpha value is -2.21. The largest absolute Gasteiger partial charge is 0.443 e. The molecule has 6 heteroatoms. The summed E-state index contributed by atoms with van der Waals surface area (Å²) >= 11 is 3.67. The molecule has 2 fully saturated rings. The molecule has 4 nitrogen and oxygen atoms in total. The minimum atomic E-state index is -0.699. The van der Waals surface area contributed by atoms with Crippen molar-refractivity contribution in [2.24, 2.45) is 0 Å². The molecule has 0 aromatic heterocycles. The summed E-state index contributed by atoms with van der Waals surface area (Å²) in [5.74, 6) is -0.928. The van der Waals surface area contributed by atoms with Crippen LogP contribution in [0.4, 0.5) is 9.18 Å². The Labute approximate surface area is 190 Å². The van der Waals surface area contributed by atoms with E-state index < -0.39 is 17.6 Å². The zero-order valence-electron chi connectivity index (χ0n) is 18.0. The Kier molecular flexibility index (Phi) is 5.95. The lowest BCUT2D eigenvalue weighted by atomic mass is 9.77. The summed E-state index contributed by atoms with van der Waals surface area (Å²) < 4.78 is 20.1. The van der Waals surface area contributed by atoms with Crippen molar-refractivity contribution >= 4 is 27.9 Å². The second kappa shape index (κ2) is 8.38. The van der Waals surface area contributed by atoms with E-state index in [1.165, 1.54) is 29.0 Å². The Morgan fingerprint density at radius 1 is 1.10 bits per heavy atom. The van der Waals surface area contributed by atoms with Gasteiger partial charge in [0.25, 0.3) is 0 Å². The van der Waals surface area contributed by atoms with E-state index in [0.717, 1.165) is 22.9 Å². The maximum absolute atomic E-state index is 13.5. The lowest BCUT2D eigenvalue weighted by Gasteiger charge is -2.28. The molecule has 31 heavy (non-hydrogen) atoms. The van der Waals surface area contributed by atoms with Crippen molar-refractivity contribution in [3.05, 3.63) is 69.4 Å². The number of rotatable bonds is 3. The van der Waals surface area contributed by atoms with Crippen LogP contribution in [0.1, 0.15) is 74.5 Å². The molecule has 1 saturated carbocycles. The summed E-state index contributed by atoms with van der Waals surface area (Å²) in [5, 5.41) is 0. The third-order valence-electron chi connectivity index (χ3n) is 6.15. The number of halogens is 2. The topological polar surface area (TPSA) is 46.6 Å². The third kappa shape index (κ3) is 4.54. The first-order valence-corrected chi connectivity index (χ1v) is 11.5. The van der Waals surface area contributed by atoms with E-state index in [0.29, 0.717) is 11.5 Å². The molecule has 2 amide bonds. The van der Waals surface area contributed by atoms with Crippen LogP contribution in [0, 0.1) is 5.82 Å². The van der Waals surface area contributed by atoms with Crippen LogP contribution in [0.15, 0.2) is 46.9 Å². The Morgan fingerprint density at radius 2 is 1.74 bits per heavy atom. The lowest BCUT2D eigenvalue weighted by Crippen LogP contribution is -2.38. The van der Waals surface area contributed by atoms with Crippen LogP contribution in [-0.4, -0.2) is 29.0 Å². The molecule has 0 radical (unpaired) electrons. The van der Waals surface area contributed by atoms with Gasteiger partial charge in [0.15, 0.2) is 0 Å². The van der Waals surface area contributed by atoms with Gasteiger partial charge in [-0.25, -0.2) is 14.1 Å². The lowest BCUT2D eigenvalue weighted by molar-refractivity contribution is -0.128. The molecule has 2 aromatic rings. The SMILES string of the molecule is CC(C)(C)OC(=O)N1C[C@@H](c2ccc(Br)c(C3CCC3)c2)[C@H](c2ccc(F)cc2)C1=O. The van der Waals surface area contributed by atoms with Gasteiger partial charge in [0.2, 0.25) is 5.91 Å². The minimum Gasteiger partial charge on any atom is -0.443 e. The molecule has 164 valence electrons. The molecular weight excluding hydrogens is 461 g/mol. The van der Waals surface area contributed by atoms with Gasteiger partial charge in [-0.3, -0.25) is 4.79 Å². The summed E-state index contributed by atoms with van der Waals surface area (Å²) in [4.78, 5) is 27.4. The van der Waals surface area contributed by atoms with E-state index in [1.807, 2.05) is 12.1 Å². The van der Waals surface area contributed by atoms with Crippen LogP contribution >= 0.6 is 15.9 Å². The molecular formula is C25H27BrFNO3. The number of hydrogen-bond acceptors (Lipinski definition) is 3. The highest BCUT2D eigenvalue weighted by Gasteiger charge is 2.46. The number of nitrogens with zero attached hydrogens (tertiary/aromatic N) is 1. The summed E-state index contributed by atoms with van der Waals surface area (Å²) in [6.45, 7) is 5.57. The van der Waals surface area contributed by atoms with E-state index in [-0.39, 0.29) is 24.2 Å². The highest BCUT2D eigenvalue weighted by molar-refractivity contribution is 9.10. The number of carbonyl (C=O) groups is 2. The molecule has 0 spiro atoms. The molecule has 2 aliphatic rings. The van der Waals surface area contributed by atoms with E-state index in [2.05, 4.69) is 22.0 Å². The fourth-order valence-corrected chi connectivity index (χ4v) is 4.95. The number of amides is 2. The van der Waals surface area contributed by atoms with Crippen molar-refractivity contribution in [2.45, 2.75) is 63.4 Å². The predicted octanol–water partition coefficient (Wildman–Crippen LogP) is 6.50. The highest BCUT2D eigenvalue weighted by Crippen LogP contribution is 2.45. The molecule has 1 heterocycles. The van der Waals surface area contributed by atoms with Gasteiger partial charge in [-0.15, -0.1) is 0 Å². The molecule has 1 aliphatic carbocycles. The van der Waals surface area contributed by atoms with Crippen molar-refractivity contribution in [3.8, 4) is 0 Å². The summed E-state index contributed by atoms with van der Waals surface area (Å²) in [6, 6.07) is 12.2. The molecule has 0 bridgehead atoms. The predicted molar refractivity (Wildman–Crippen MR) is 121 cm³/mol. The van der Waals surface area contributed by atoms with Gasteiger partial charge >= 0.3 is 6.09 Å². The van der Waals surface area contributed by atoms with Crippen LogP contribution in [0.2, 0.25) is 0 Å². The number of imide groups is 1. The van der Waals surface area contributed by atoms with Crippen molar-refractivity contribution in [2.75, 3.05) is 6.54 Å². The number of benzene rings is 2. The fraction of sp³-hybridized carbons (Fsp3) is 0.440. The first-order chi connectivity index (χ1) is 14.6. The van der Waals surface area contributed by atoms with Gasteiger partial charge in [-0.05, 0) is 74.4 Å². The van der Waals surface area contributed by atoms with Crippen LogP contribution in [0.5, 0.6) is 0 Å². The van der Waals surface area contributed by atoms with Gasteiger partial charge in [0, 0.05) is 16.9 Å². The van der Waals surface area contributed by atoms with Gasteiger partial charge in [0.05, 0.1) is 5.92 Å². The average Bonchev–Trinajstić information content (AvgIpc) is 2.99. The maximum atomic E-state index is 13.5. The fourth-order valence-electron chi connectivity index (χ4n) is 4.38. The van der Waals surface area contributed by atoms with Crippen molar-refractivity contribution in [1.29, 1.82) is 0 Å². The zero-order valence-corrected chi connectivity index (χ0v) is 19.6. The minimum absolute atomic E-state index is 0.225. The second-order valence-corrected chi connectivity index (χ2v) is 10.3. The number of hydrogen-bond donors (Lipinski definition) is 0. The van der Waals surface area contributed by atoms with Crippen molar-refractivity contribution in [1.82, 2.24) is 4.90 Å². The Bertz CT molecular complexity index is 995. The third-order valence-corrected chi connectivity index (χ3v) is 6.87. The molecule has 4 rings (SSSR count). The Morgan fingerprint density at radius 3 is 2.32 bits per heavy atom. The molecule has 0 N–H and O–H groups in total. The van der Waals surface area contributed by atoms with E-state index in [9.17, 15) is 14.0 Å². The van der Waals surface area contributed by atoms with Crippen molar-refractivity contribution in [3.63, 3.8) is 0 Å². The zero-order chi connectivity index (χ0) is 22.3. The highest BCUT2D eigenvalue weighted by atomic mass is 79.9. The molecule has 2 atom stereocenters. The Balaban J connectivity index is 1.72. The van der Waals surface area contributed by atoms with E-state index >= 15 is 0 Å². The smallest absolute Gasteiger partial charge is 0.417 e. The normalized spacial score (nSPS) is 21.8. The van der Waals surface area contributed by atoms with Gasteiger partial charge < -0.3 is 4.74 Å². The number of likely N-dealkylation sites (tertiary alicyclic amines) is 1. The van der Waals surface area contributed by atoms with Crippen LogP contribution in [0.25, 0.3) is 0 Å². The average molecular weight is 488 g/mol. The first kappa shape index (κ1) is 22.0. The van der Waals surface area contributed by atoms with Gasteiger partial charge in [0.1, 0.15) is 11.4 Å². The summed E-state index contributed by atoms with van der Waals surface area (Å²) in [5.41, 5.74) is 2.27. The molecule has 2 aromatic carbocycles. The first-order valence-electron chi connectivity index (χ1n) is 10.7. The van der Waals surface area contributed by atoms with E-state index in [4.69, 9.17) is 4.74 Å². The van der Waals surface area contributed by atoms with Crippen LogP contribution in [-0.2, 0) is 9.53 Å². The maximum Gasteiger partial charge on any atom is 0.417 e. The number of ether oxygens (including phenoxy) is 1. The number of carbonyl (C=O) groups excluding carboxylic acids is 2. The monoisotopic (exact) mass is 487 g/mol.